The molecule has 0 atom stereocenters. The largest absolute Gasteiger partial charge is 0.505 e. The van der Waals surface area contributed by atoms with Crippen LogP contribution >= 0.6 is 11.3 Å². The lowest BCUT2D eigenvalue weighted by molar-refractivity contribution is 0.432. The molecule has 0 unspecified atom stereocenters. The fourth-order valence-electron chi connectivity index (χ4n) is 4.38. The number of pyridine rings is 1. The smallest absolute Gasteiger partial charge is 0.267 e. The van der Waals surface area contributed by atoms with Gasteiger partial charge in [0, 0.05) is 17.4 Å². The summed E-state index contributed by atoms with van der Waals surface area (Å²) in [5, 5.41) is 17.0. The summed E-state index contributed by atoms with van der Waals surface area (Å²) >= 11 is 1.32. The number of thiophene rings is 1. The fourth-order valence-corrected chi connectivity index (χ4v) is 5.31. The Balaban J connectivity index is 1.61. The first-order valence-electron chi connectivity index (χ1n) is 11.2. The highest BCUT2D eigenvalue weighted by Crippen LogP contribution is 2.33. The van der Waals surface area contributed by atoms with Crippen molar-refractivity contribution in [2.45, 2.75) is 13.5 Å². The molecule has 6 aromatic rings. The second kappa shape index (κ2) is 8.49. The number of fused-ring (bicyclic) bond motifs is 2. The van der Waals surface area contributed by atoms with Crippen molar-refractivity contribution in [3.05, 3.63) is 93.5 Å². The van der Waals surface area contributed by atoms with Gasteiger partial charge >= 0.3 is 0 Å². The Bertz CT molecular complexity index is 1910. The van der Waals surface area contributed by atoms with Crippen molar-refractivity contribution in [2.24, 2.45) is 0 Å². The lowest BCUT2D eigenvalue weighted by Gasteiger charge is -2.14. The number of benzene rings is 2. The molecule has 0 aliphatic heterocycles. The summed E-state index contributed by atoms with van der Waals surface area (Å²) in [6, 6.07) is 11.5. The van der Waals surface area contributed by atoms with Crippen LogP contribution in [0.4, 0.5) is 14.5 Å². The highest BCUT2D eigenvalue weighted by Gasteiger charge is 2.22. The third-order valence-electron chi connectivity index (χ3n) is 6.13. The summed E-state index contributed by atoms with van der Waals surface area (Å²) in [6.45, 7) is 1.76. The molecule has 6 rings (SSSR count). The fraction of sp³-hybridized carbons (Fsp3) is 0.0769. The molecule has 3 N–H and O–H groups in total. The second-order valence-electron chi connectivity index (χ2n) is 8.49. The Morgan fingerprint density at radius 3 is 2.68 bits per heavy atom. The quantitative estimate of drug-likeness (QED) is 0.349. The van der Waals surface area contributed by atoms with Gasteiger partial charge < -0.3 is 10.8 Å². The third-order valence-corrected chi connectivity index (χ3v) is 7.12. The molecule has 2 aromatic carbocycles. The maximum Gasteiger partial charge on any atom is 0.267 e. The van der Waals surface area contributed by atoms with Crippen LogP contribution in [0.25, 0.3) is 38.2 Å². The Morgan fingerprint density at radius 1 is 1.08 bits per heavy atom. The van der Waals surface area contributed by atoms with E-state index in [1.54, 1.807) is 18.2 Å². The van der Waals surface area contributed by atoms with Crippen molar-refractivity contribution < 1.29 is 13.9 Å². The average Bonchev–Trinajstić information content (AvgIpc) is 3.43. The van der Waals surface area contributed by atoms with Crippen molar-refractivity contribution in [2.75, 3.05) is 5.73 Å². The zero-order valence-electron chi connectivity index (χ0n) is 19.3. The average molecular weight is 517 g/mol. The molecular weight excluding hydrogens is 498 g/mol. The van der Waals surface area contributed by atoms with Gasteiger partial charge in [-0.3, -0.25) is 9.36 Å². The van der Waals surface area contributed by atoms with Gasteiger partial charge in [-0.2, -0.15) is 5.10 Å². The molecule has 4 aromatic heterocycles. The minimum absolute atomic E-state index is 0.0516. The van der Waals surface area contributed by atoms with Crippen LogP contribution in [0.2, 0.25) is 0 Å². The van der Waals surface area contributed by atoms with Gasteiger partial charge in [0.2, 0.25) is 0 Å². The van der Waals surface area contributed by atoms with Gasteiger partial charge in [0.1, 0.15) is 28.7 Å². The highest BCUT2D eigenvalue weighted by atomic mass is 32.1. The highest BCUT2D eigenvalue weighted by molar-refractivity contribution is 7.16. The third kappa shape index (κ3) is 3.62. The Labute approximate surface area is 211 Å². The molecule has 11 heteroatoms. The Morgan fingerprint density at radius 2 is 1.89 bits per heavy atom. The van der Waals surface area contributed by atoms with Gasteiger partial charge in [0.25, 0.3) is 5.56 Å². The van der Waals surface area contributed by atoms with Crippen molar-refractivity contribution >= 4 is 38.3 Å². The number of phenolic OH excluding ortho intramolecular Hbond substituents is 1. The van der Waals surface area contributed by atoms with E-state index in [1.807, 2.05) is 12.3 Å². The molecule has 4 heterocycles. The molecule has 0 spiro atoms. The molecule has 37 heavy (non-hydrogen) atoms. The molecule has 184 valence electrons. The molecule has 0 bridgehead atoms. The molecular formula is C26H18F2N6O2S. The van der Waals surface area contributed by atoms with Crippen LogP contribution in [-0.4, -0.2) is 29.4 Å². The number of aromatic hydroxyl groups is 1. The van der Waals surface area contributed by atoms with Gasteiger partial charge in [-0.1, -0.05) is 12.1 Å². The molecule has 8 nitrogen and oxygen atoms in total. The lowest BCUT2D eigenvalue weighted by Crippen LogP contribution is -2.26. The first kappa shape index (κ1) is 22.8. The summed E-state index contributed by atoms with van der Waals surface area (Å²) in [6.07, 6.45) is 1.51. The number of rotatable bonds is 4. The molecule has 0 amide bonds. The van der Waals surface area contributed by atoms with Crippen LogP contribution in [0.5, 0.6) is 5.75 Å². The summed E-state index contributed by atoms with van der Waals surface area (Å²) in [5.74, 6) is -1.64. The summed E-state index contributed by atoms with van der Waals surface area (Å²) in [7, 11) is 0. The van der Waals surface area contributed by atoms with Crippen LogP contribution in [-0.2, 0) is 6.54 Å². The van der Waals surface area contributed by atoms with Gasteiger partial charge in [-0.15, -0.1) is 11.3 Å². The van der Waals surface area contributed by atoms with Crippen molar-refractivity contribution in [1.82, 2.24) is 24.3 Å². The summed E-state index contributed by atoms with van der Waals surface area (Å²) < 4.78 is 31.8. The molecule has 0 radical (unpaired) electrons. The number of nitrogens with two attached hydrogens (primary N) is 1. The number of phenols is 1. The monoisotopic (exact) mass is 516 g/mol. The zero-order chi connectivity index (χ0) is 25.8. The molecule has 0 fully saturated rings. The van der Waals surface area contributed by atoms with Gasteiger partial charge in [0.05, 0.1) is 16.5 Å². The predicted octanol–water partition coefficient (Wildman–Crippen LogP) is 4.78. The van der Waals surface area contributed by atoms with Crippen molar-refractivity contribution in [3.8, 4) is 22.7 Å². The SMILES string of the molecule is Cc1csc2nc(Cn3nc(-c4ccc(O)c(F)c4)c4c(N)ccnc43)n(-c3ccccc3F)c(=O)c12. The number of anilines is 1. The minimum atomic E-state index is -0.809. The minimum Gasteiger partial charge on any atom is -0.505 e. The van der Waals surface area contributed by atoms with E-state index in [4.69, 9.17) is 10.7 Å². The normalized spacial score (nSPS) is 11.5. The maximum atomic E-state index is 14.9. The van der Waals surface area contributed by atoms with Gasteiger partial charge in [-0.25, -0.2) is 23.4 Å². The number of halogens is 2. The van der Waals surface area contributed by atoms with E-state index in [2.05, 4.69) is 10.1 Å². The number of aromatic nitrogens is 5. The van der Waals surface area contributed by atoms with E-state index in [1.165, 1.54) is 51.0 Å². The Hall–Kier alpha value is -4.64. The number of aryl methyl sites for hydroxylation is 1. The zero-order valence-corrected chi connectivity index (χ0v) is 20.1. The van der Waals surface area contributed by atoms with E-state index < -0.39 is 22.9 Å². The van der Waals surface area contributed by atoms with Crippen LogP contribution in [0, 0.1) is 18.6 Å². The second-order valence-corrected chi connectivity index (χ2v) is 9.35. The van der Waals surface area contributed by atoms with Gasteiger partial charge in [-0.05, 0) is 54.3 Å². The number of hydrogen-bond donors (Lipinski definition) is 2. The first-order chi connectivity index (χ1) is 17.8. The van der Waals surface area contributed by atoms with Crippen LogP contribution in [0.15, 0.2) is 64.9 Å². The first-order valence-corrected chi connectivity index (χ1v) is 12.1. The lowest BCUT2D eigenvalue weighted by atomic mass is 10.1. The number of hydrogen-bond acceptors (Lipinski definition) is 7. The summed E-state index contributed by atoms with van der Waals surface area (Å²) in [4.78, 5) is 23.3. The molecule has 0 aliphatic carbocycles. The standard InChI is InChI=1S/C26H18F2N6O2S/c1-13-12-37-25-21(13)26(36)34(18-5-3-2-4-15(18)27)20(31-25)11-33-24-22(17(29)8-9-30-24)23(32-33)14-6-7-19(35)16(28)10-14/h2-10,12,35H,11H2,1H3,(H2,29,30). The topological polar surface area (TPSA) is 112 Å². The molecule has 0 saturated carbocycles. The number of nitrogens with zero attached hydrogens (tertiary/aromatic N) is 5. The van der Waals surface area contributed by atoms with E-state index in [0.29, 0.717) is 38.2 Å². The predicted molar refractivity (Wildman–Crippen MR) is 138 cm³/mol. The number of para-hydroxylation sites is 1. The van der Waals surface area contributed by atoms with Crippen molar-refractivity contribution in [3.63, 3.8) is 0 Å². The van der Waals surface area contributed by atoms with Crippen LogP contribution < -0.4 is 11.3 Å². The van der Waals surface area contributed by atoms with Gasteiger partial charge in [0.15, 0.2) is 17.2 Å². The van der Waals surface area contributed by atoms with Crippen molar-refractivity contribution in [1.29, 1.82) is 0 Å². The Kier molecular flexibility index (Phi) is 5.23. The van der Waals surface area contributed by atoms with E-state index >= 15 is 0 Å². The van der Waals surface area contributed by atoms with E-state index in [-0.39, 0.29) is 18.1 Å². The van der Waals surface area contributed by atoms with E-state index in [0.717, 1.165) is 11.6 Å². The van der Waals surface area contributed by atoms with E-state index in [9.17, 15) is 18.7 Å². The van der Waals surface area contributed by atoms with Crippen LogP contribution in [0.1, 0.15) is 11.4 Å². The molecule has 0 saturated heterocycles. The summed E-state index contributed by atoms with van der Waals surface area (Å²) in [5.41, 5.74) is 8.13. The maximum absolute atomic E-state index is 14.9. The molecule has 0 aliphatic rings. The number of nitrogen functional groups attached to an aromatic ring is 1. The van der Waals surface area contributed by atoms with Crippen LogP contribution in [0.3, 0.4) is 0 Å².